The molecule has 0 radical (unpaired) electrons. The van der Waals surface area contributed by atoms with Gasteiger partial charge >= 0.3 is 0 Å². The molecule has 0 spiro atoms. The molecule has 0 bridgehead atoms. The fourth-order valence-electron chi connectivity index (χ4n) is 1.47. The van der Waals surface area contributed by atoms with Crippen molar-refractivity contribution < 1.29 is 12.9 Å². The van der Waals surface area contributed by atoms with Crippen LogP contribution in [0.1, 0.15) is 24.8 Å². The van der Waals surface area contributed by atoms with Crippen LogP contribution in [0.4, 0.5) is 0 Å². The van der Waals surface area contributed by atoms with Crippen LogP contribution in [0.3, 0.4) is 0 Å². The molecule has 1 aromatic heterocycles. The van der Waals surface area contributed by atoms with E-state index in [1.54, 1.807) is 12.2 Å². The van der Waals surface area contributed by atoms with Crippen LogP contribution in [-0.4, -0.2) is 18.4 Å². The molecular formula is C11H11NO3S. The Bertz CT molecular complexity index is 583. The average molecular weight is 237 g/mol. The predicted octanol–water partition coefficient (Wildman–Crippen LogP) is 1.63. The number of nitrogens with zero attached hydrogens (tertiary/aromatic N) is 1. The summed E-state index contributed by atoms with van der Waals surface area (Å²) in [5.41, 5.74) is 1.61. The number of aromatic nitrogens is 1. The number of hydrogen-bond donors (Lipinski definition) is 0. The van der Waals surface area contributed by atoms with Crippen molar-refractivity contribution in [3.05, 3.63) is 35.7 Å². The van der Waals surface area contributed by atoms with E-state index in [1.165, 1.54) is 0 Å². The molecule has 0 N–H and O–H groups in total. The van der Waals surface area contributed by atoms with Gasteiger partial charge in [-0.15, -0.1) is 0 Å². The van der Waals surface area contributed by atoms with Gasteiger partial charge in [-0.1, -0.05) is 24.2 Å². The van der Waals surface area contributed by atoms with E-state index < -0.39 is 10.3 Å². The zero-order valence-corrected chi connectivity index (χ0v) is 9.62. The summed E-state index contributed by atoms with van der Waals surface area (Å²) in [7, 11) is -2.16. The Morgan fingerprint density at radius 1 is 1.50 bits per heavy atom. The molecule has 84 valence electrons. The Morgan fingerprint density at radius 2 is 2.31 bits per heavy atom. The van der Waals surface area contributed by atoms with Gasteiger partial charge < -0.3 is 4.52 Å². The Labute approximate surface area is 94.8 Å². The molecule has 1 aliphatic rings. The maximum atomic E-state index is 10.8. The van der Waals surface area contributed by atoms with Crippen LogP contribution in [0, 0.1) is 0 Å². The van der Waals surface area contributed by atoms with Gasteiger partial charge in [0.1, 0.15) is 0 Å². The molecule has 16 heavy (non-hydrogen) atoms. The van der Waals surface area contributed by atoms with Crippen LogP contribution < -0.4 is 0 Å². The Morgan fingerprint density at radius 3 is 2.94 bits per heavy atom. The second kappa shape index (κ2) is 4.49. The summed E-state index contributed by atoms with van der Waals surface area (Å²) in [6.45, 7) is 1.98. The van der Waals surface area contributed by atoms with Crippen molar-refractivity contribution in [2.45, 2.75) is 19.8 Å². The lowest BCUT2D eigenvalue weighted by Crippen LogP contribution is -1.98. The molecule has 0 amide bonds. The first-order valence-corrected chi connectivity index (χ1v) is 6.07. The van der Waals surface area contributed by atoms with Crippen LogP contribution in [0.25, 0.3) is 5.57 Å². The lowest BCUT2D eigenvalue weighted by atomic mass is 10.0. The van der Waals surface area contributed by atoms with E-state index in [-0.39, 0.29) is 0 Å². The number of hydrogen-bond acceptors (Lipinski definition) is 4. The van der Waals surface area contributed by atoms with Gasteiger partial charge in [0.2, 0.25) is 10.3 Å². The molecule has 1 aliphatic carbocycles. The fraction of sp³-hybridized carbons (Fsp3) is 0.273. The zero-order valence-electron chi connectivity index (χ0n) is 8.80. The Balaban J connectivity index is 2.41. The summed E-state index contributed by atoms with van der Waals surface area (Å²) in [6, 6.07) is 1.83. The van der Waals surface area contributed by atoms with E-state index in [0.29, 0.717) is 17.0 Å². The molecule has 1 heterocycles. The molecule has 0 fully saturated rings. The van der Waals surface area contributed by atoms with Crippen molar-refractivity contribution in [2.75, 3.05) is 0 Å². The molecule has 0 atom stereocenters. The van der Waals surface area contributed by atoms with Crippen LogP contribution >= 0.6 is 0 Å². The summed E-state index contributed by atoms with van der Waals surface area (Å²) in [6.07, 6.45) is 6.49. The molecule has 0 unspecified atom stereocenters. The fourth-order valence-corrected chi connectivity index (χ4v) is 1.92. The molecule has 4 nitrogen and oxygen atoms in total. The number of aryl methyl sites for hydroxylation is 1. The molecule has 0 aliphatic heterocycles. The van der Waals surface area contributed by atoms with Crippen molar-refractivity contribution in [3.8, 4) is 0 Å². The Hall–Kier alpha value is -1.62. The third kappa shape index (κ3) is 2.14. The highest BCUT2D eigenvalue weighted by Crippen LogP contribution is 2.20. The first-order valence-electron chi connectivity index (χ1n) is 5.00. The third-order valence-corrected chi connectivity index (χ3v) is 3.07. The molecule has 0 aromatic carbocycles. The van der Waals surface area contributed by atoms with Crippen molar-refractivity contribution in [1.29, 1.82) is 0 Å². The maximum Gasteiger partial charge on any atom is 0.217 e. The van der Waals surface area contributed by atoms with Gasteiger partial charge in [-0.3, -0.25) is 0 Å². The standard InChI is InChI=1S/C11H11NO3S/c1-2-9-7-11(15-12-9)8-4-3-5-10(6-8)16(13)14/h3-4,6-7H,2,5H2,1H3. The van der Waals surface area contributed by atoms with E-state index in [9.17, 15) is 8.42 Å². The second-order valence-electron chi connectivity index (χ2n) is 3.44. The van der Waals surface area contributed by atoms with E-state index >= 15 is 0 Å². The molecule has 1 aromatic rings. The van der Waals surface area contributed by atoms with Crippen LogP contribution in [0.5, 0.6) is 0 Å². The monoisotopic (exact) mass is 237 g/mol. The van der Waals surface area contributed by atoms with Gasteiger partial charge in [0.05, 0.1) is 10.6 Å². The van der Waals surface area contributed by atoms with Gasteiger partial charge in [-0.05, 0) is 12.5 Å². The summed E-state index contributed by atoms with van der Waals surface area (Å²) >= 11 is 0. The van der Waals surface area contributed by atoms with E-state index in [0.717, 1.165) is 17.7 Å². The molecule has 2 rings (SSSR count). The van der Waals surface area contributed by atoms with E-state index in [4.69, 9.17) is 4.52 Å². The highest BCUT2D eigenvalue weighted by atomic mass is 32.2. The topological polar surface area (TPSA) is 60.2 Å². The largest absolute Gasteiger partial charge is 0.356 e. The summed E-state index contributed by atoms with van der Waals surface area (Å²) < 4.78 is 26.8. The zero-order chi connectivity index (χ0) is 11.5. The molecule has 0 saturated carbocycles. The van der Waals surface area contributed by atoms with Gasteiger partial charge in [0, 0.05) is 18.1 Å². The normalized spacial score (nSPS) is 15.1. The summed E-state index contributed by atoms with van der Waals surface area (Å²) in [5.74, 6) is 0.607. The lowest BCUT2D eigenvalue weighted by Gasteiger charge is -2.02. The third-order valence-electron chi connectivity index (χ3n) is 2.35. The van der Waals surface area contributed by atoms with Gasteiger partial charge in [-0.25, -0.2) is 0 Å². The maximum absolute atomic E-state index is 10.8. The van der Waals surface area contributed by atoms with Crippen LogP contribution in [0.2, 0.25) is 0 Å². The smallest absolute Gasteiger partial charge is 0.217 e. The van der Waals surface area contributed by atoms with Crippen molar-refractivity contribution in [1.82, 2.24) is 5.16 Å². The van der Waals surface area contributed by atoms with Crippen molar-refractivity contribution in [3.63, 3.8) is 0 Å². The average Bonchev–Trinajstić information content (AvgIpc) is 2.77. The predicted molar refractivity (Wildman–Crippen MR) is 61.5 cm³/mol. The number of allylic oxidation sites excluding steroid dienone is 4. The highest BCUT2D eigenvalue weighted by molar-refractivity contribution is 7.73. The van der Waals surface area contributed by atoms with Crippen LogP contribution in [-0.2, 0) is 16.7 Å². The van der Waals surface area contributed by atoms with Crippen molar-refractivity contribution >= 4 is 20.7 Å². The first-order chi connectivity index (χ1) is 7.70. The summed E-state index contributed by atoms with van der Waals surface area (Å²) in [5, 5.41) is 3.87. The molecular weight excluding hydrogens is 226 g/mol. The Kier molecular flexibility index (Phi) is 3.05. The minimum atomic E-state index is -2.16. The minimum absolute atomic E-state index is 0.368. The highest BCUT2D eigenvalue weighted by Gasteiger charge is 2.11. The number of rotatable bonds is 2. The van der Waals surface area contributed by atoms with E-state index in [1.807, 2.05) is 19.1 Å². The van der Waals surface area contributed by atoms with E-state index in [2.05, 4.69) is 5.16 Å². The minimum Gasteiger partial charge on any atom is -0.356 e. The summed E-state index contributed by atoms with van der Waals surface area (Å²) in [4.78, 5) is 0.368. The van der Waals surface area contributed by atoms with Gasteiger partial charge in [-0.2, -0.15) is 8.42 Å². The molecule has 0 saturated heterocycles. The second-order valence-corrected chi connectivity index (χ2v) is 4.44. The quantitative estimate of drug-likeness (QED) is 0.733. The van der Waals surface area contributed by atoms with Crippen molar-refractivity contribution in [2.24, 2.45) is 0 Å². The van der Waals surface area contributed by atoms with Crippen LogP contribution in [0.15, 0.2) is 28.8 Å². The van der Waals surface area contributed by atoms with Gasteiger partial charge in [0.15, 0.2) is 5.76 Å². The lowest BCUT2D eigenvalue weighted by molar-refractivity contribution is 0.404. The van der Waals surface area contributed by atoms with Gasteiger partial charge in [0.25, 0.3) is 0 Å². The molecule has 5 heteroatoms. The SMILES string of the molecule is CCc1cc(C2=CC(=S(=O)=O)CC=C2)on1. The first kappa shape index (κ1) is 10.9.